The Morgan fingerprint density at radius 1 is 1.06 bits per heavy atom. The van der Waals surface area contributed by atoms with Crippen molar-refractivity contribution in [3.63, 3.8) is 0 Å². The number of rotatable bonds is 2. The van der Waals surface area contributed by atoms with Crippen molar-refractivity contribution >= 4 is 5.95 Å². The normalized spacial score (nSPS) is 10.2. The van der Waals surface area contributed by atoms with Crippen molar-refractivity contribution in [1.82, 2.24) is 9.97 Å². The van der Waals surface area contributed by atoms with Crippen LogP contribution in [0, 0.1) is 13.8 Å². The van der Waals surface area contributed by atoms with E-state index in [1.54, 1.807) is 0 Å². The lowest BCUT2D eigenvalue weighted by Gasteiger charge is -2.06. The highest BCUT2D eigenvalue weighted by Gasteiger charge is 2.03. The fraction of sp³-hybridized carbons (Fsp3) is 0.231. The maximum atomic E-state index is 4.21. The SMILES string of the molecule is CNc1ncc(-c2ccc(C)cc2C)cn1. The van der Waals surface area contributed by atoms with E-state index in [4.69, 9.17) is 0 Å². The molecule has 0 saturated carbocycles. The van der Waals surface area contributed by atoms with Gasteiger partial charge in [-0.2, -0.15) is 0 Å². The first-order valence-electron chi connectivity index (χ1n) is 5.28. The molecule has 2 rings (SSSR count). The molecule has 0 fully saturated rings. The Bertz CT molecular complexity index is 489. The Kier molecular flexibility index (Phi) is 2.86. The first-order valence-corrected chi connectivity index (χ1v) is 5.28. The minimum absolute atomic E-state index is 0.647. The number of aryl methyl sites for hydroxylation is 2. The molecule has 16 heavy (non-hydrogen) atoms. The van der Waals surface area contributed by atoms with Gasteiger partial charge in [0.2, 0.25) is 5.95 Å². The van der Waals surface area contributed by atoms with E-state index in [1.165, 1.54) is 16.7 Å². The van der Waals surface area contributed by atoms with Gasteiger partial charge in [0.15, 0.2) is 0 Å². The summed E-state index contributed by atoms with van der Waals surface area (Å²) in [5, 5.41) is 2.91. The summed E-state index contributed by atoms with van der Waals surface area (Å²) in [6.07, 6.45) is 3.69. The monoisotopic (exact) mass is 213 g/mol. The van der Waals surface area contributed by atoms with Gasteiger partial charge in [-0.05, 0) is 25.0 Å². The zero-order chi connectivity index (χ0) is 11.5. The molecule has 0 unspecified atom stereocenters. The Labute approximate surface area is 95.6 Å². The maximum Gasteiger partial charge on any atom is 0.222 e. The van der Waals surface area contributed by atoms with Crippen LogP contribution in [0.25, 0.3) is 11.1 Å². The van der Waals surface area contributed by atoms with Crippen LogP contribution in [-0.2, 0) is 0 Å². The summed E-state index contributed by atoms with van der Waals surface area (Å²) in [6, 6.07) is 6.39. The van der Waals surface area contributed by atoms with E-state index in [-0.39, 0.29) is 0 Å². The third-order valence-corrected chi connectivity index (χ3v) is 2.57. The molecule has 1 N–H and O–H groups in total. The maximum absolute atomic E-state index is 4.21. The molecule has 1 heterocycles. The Morgan fingerprint density at radius 3 is 2.31 bits per heavy atom. The van der Waals surface area contributed by atoms with E-state index in [9.17, 15) is 0 Å². The molecule has 0 aliphatic heterocycles. The van der Waals surface area contributed by atoms with Crippen LogP contribution in [-0.4, -0.2) is 17.0 Å². The minimum atomic E-state index is 0.647. The lowest BCUT2D eigenvalue weighted by Crippen LogP contribution is -1.95. The second-order valence-corrected chi connectivity index (χ2v) is 3.86. The lowest BCUT2D eigenvalue weighted by atomic mass is 10.0. The van der Waals surface area contributed by atoms with Gasteiger partial charge >= 0.3 is 0 Å². The van der Waals surface area contributed by atoms with Crippen molar-refractivity contribution in [2.75, 3.05) is 12.4 Å². The van der Waals surface area contributed by atoms with Gasteiger partial charge in [-0.3, -0.25) is 0 Å². The van der Waals surface area contributed by atoms with Crippen LogP contribution in [0.3, 0.4) is 0 Å². The average molecular weight is 213 g/mol. The van der Waals surface area contributed by atoms with Crippen LogP contribution in [0.2, 0.25) is 0 Å². The van der Waals surface area contributed by atoms with E-state index in [1.807, 2.05) is 19.4 Å². The topological polar surface area (TPSA) is 37.8 Å². The molecule has 0 atom stereocenters. The molecule has 82 valence electrons. The van der Waals surface area contributed by atoms with E-state index in [0.717, 1.165) is 5.56 Å². The van der Waals surface area contributed by atoms with Crippen LogP contribution in [0.5, 0.6) is 0 Å². The van der Waals surface area contributed by atoms with Crippen molar-refractivity contribution < 1.29 is 0 Å². The predicted octanol–water partition coefficient (Wildman–Crippen LogP) is 2.80. The molecular formula is C13H15N3. The lowest BCUT2D eigenvalue weighted by molar-refractivity contribution is 1.15. The molecule has 1 aromatic heterocycles. The summed E-state index contributed by atoms with van der Waals surface area (Å²) < 4.78 is 0. The van der Waals surface area contributed by atoms with E-state index in [0.29, 0.717) is 5.95 Å². The number of hydrogen-bond acceptors (Lipinski definition) is 3. The molecule has 0 saturated heterocycles. The molecule has 3 heteroatoms. The summed E-state index contributed by atoms with van der Waals surface area (Å²) in [5.41, 5.74) is 4.76. The van der Waals surface area contributed by atoms with Crippen LogP contribution in [0.15, 0.2) is 30.6 Å². The molecule has 0 aliphatic carbocycles. The van der Waals surface area contributed by atoms with Gasteiger partial charge in [-0.1, -0.05) is 23.8 Å². The van der Waals surface area contributed by atoms with E-state index >= 15 is 0 Å². The molecule has 3 nitrogen and oxygen atoms in total. The third kappa shape index (κ3) is 2.03. The van der Waals surface area contributed by atoms with Crippen LogP contribution < -0.4 is 5.32 Å². The fourth-order valence-corrected chi connectivity index (χ4v) is 1.73. The molecule has 2 aromatic rings. The third-order valence-electron chi connectivity index (χ3n) is 2.57. The molecule has 1 aromatic carbocycles. The highest BCUT2D eigenvalue weighted by Crippen LogP contribution is 2.23. The van der Waals surface area contributed by atoms with E-state index in [2.05, 4.69) is 47.3 Å². The first kappa shape index (κ1) is 10.6. The number of anilines is 1. The molecule has 0 bridgehead atoms. The standard InChI is InChI=1S/C13H15N3/c1-9-4-5-12(10(2)6-9)11-7-15-13(14-3)16-8-11/h4-8H,1-3H3,(H,14,15,16). The van der Waals surface area contributed by atoms with Crippen molar-refractivity contribution in [2.45, 2.75) is 13.8 Å². The smallest absolute Gasteiger partial charge is 0.222 e. The Balaban J connectivity index is 2.42. The van der Waals surface area contributed by atoms with Gasteiger partial charge in [-0.25, -0.2) is 9.97 Å². The molecule has 0 radical (unpaired) electrons. The summed E-state index contributed by atoms with van der Waals surface area (Å²) >= 11 is 0. The quantitative estimate of drug-likeness (QED) is 0.833. The number of nitrogens with zero attached hydrogens (tertiary/aromatic N) is 2. The summed E-state index contributed by atoms with van der Waals surface area (Å²) in [5.74, 6) is 0.647. The highest BCUT2D eigenvalue weighted by atomic mass is 15.1. The Morgan fingerprint density at radius 2 is 1.75 bits per heavy atom. The highest BCUT2D eigenvalue weighted by molar-refractivity contribution is 5.66. The predicted molar refractivity (Wildman–Crippen MR) is 66.5 cm³/mol. The van der Waals surface area contributed by atoms with Crippen LogP contribution in [0.1, 0.15) is 11.1 Å². The summed E-state index contributed by atoms with van der Waals surface area (Å²) in [6.45, 7) is 4.20. The van der Waals surface area contributed by atoms with Crippen LogP contribution in [0.4, 0.5) is 5.95 Å². The van der Waals surface area contributed by atoms with Gasteiger partial charge in [0.1, 0.15) is 0 Å². The minimum Gasteiger partial charge on any atom is -0.357 e. The number of nitrogens with one attached hydrogen (secondary N) is 1. The van der Waals surface area contributed by atoms with Gasteiger partial charge in [-0.15, -0.1) is 0 Å². The van der Waals surface area contributed by atoms with Crippen molar-refractivity contribution in [3.05, 3.63) is 41.7 Å². The second kappa shape index (κ2) is 4.31. The number of benzene rings is 1. The van der Waals surface area contributed by atoms with Crippen LogP contribution >= 0.6 is 0 Å². The van der Waals surface area contributed by atoms with Crippen molar-refractivity contribution in [3.8, 4) is 11.1 Å². The van der Waals surface area contributed by atoms with Gasteiger partial charge in [0.25, 0.3) is 0 Å². The van der Waals surface area contributed by atoms with Gasteiger partial charge in [0, 0.05) is 25.0 Å². The molecule has 0 spiro atoms. The van der Waals surface area contributed by atoms with Gasteiger partial charge in [0.05, 0.1) is 0 Å². The largest absolute Gasteiger partial charge is 0.357 e. The first-order chi connectivity index (χ1) is 7.70. The van der Waals surface area contributed by atoms with Crippen molar-refractivity contribution in [1.29, 1.82) is 0 Å². The molecule has 0 aliphatic rings. The second-order valence-electron chi connectivity index (χ2n) is 3.86. The number of hydrogen-bond donors (Lipinski definition) is 1. The van der Waals surface area contributed by atoms with E-state index < -0.39 is 0 Å². The Hall–Kier alpha value is -1.90. The number of aromatic nitrogens is 2. The average Bonchev–Trinajstić information content (AvgIpc) is 2.29. The van der Waals surface area contributed by atoms with Gasteiger partial charge < -0.3 is 5.32 Å². The fourth-order valence-electron chi connectivity index (χ4n) is 1.73. The zero-order valence-electron chi connectivity index (χ0n) is 9.78. The summed E-state index contributed by atoms with van der Waals surface area (Å²) in [7, 11) is 1.81. The summed E-state index contributed by atoms with van der Waals surface area (Å²) in [4.78, 5) is 8.43. The zero-order valence-corrected chi connectivity index (χ0v) is 9.78. The van der Waals surface area contributed by atoms with Crippen molar-refractivity contribution in [2.24, 2.45) is 0 Å². The molecular weight excluding hydrogens is 198 g/mol. The molecule has 0 amide bonds.